The van der Waals surface area contributed by atoms with Crippen molar-refractivity contribution < 1.29 is 22.0 Å². The van der Waals surface area contributed by atoms with E-state index >= 15 is 0 Å². The first-order valence-electron chi connectivity index (χ1n) is 9.08. The van der Waals surface area contributed by atoms with Crippen LogP contribution < -0.4 is 0 Å². The van der Waals surface area contributed by atoms with Crippen LogP contribution in [0.2, 0.25) is 0 Å². The molecule has 6 nitrogen and oxygen atoms in total. The molecule has 0 saturated carbocycles. The average Bonchev–Trinajstić information content (AvgIpc) is 3.09. The minimum absolute atomic E-state index is 0.119. The fraction of sp³-hybridized carbons (Fsp3) is 0.474. The molecule has 1 fully saturated rings. The Bertz CT molecular complexity index is 910. The summed E-state index contributed by atoms with van der Waals surface area (Å²) in [6.45, 7) is 2.62. The van der Waals surface area contributed by atoms with Crippen molar-refractivity contribution in [3.63, 3.8) is 0 Å². The van der Waals surface area contributed by atoms with Gasteiger partial charge in [-0.25, -0.2) is 17.8 Å². The second-order valence-corrected chi connectivity index (χ2v) is 8.90. The van der Waals surface area contributed by atoms with E-state index in [9.17, 15) is 17.6 Å². The summed E-state index contributed by atoms with van der Waals surface area (Å²) < 4.78 is 43.5. The number of carbonyl (C=O) groups is 1. The summed E-state index contributed by atoms with van der Waals surface area (Å²) in [5, 5.41) is 0. The van der Waals surface area contributed by atoms with Crippen molar-refractivity contribution >= 4 is 15.7 Å². The van der Waals surface area contributed by atoms with Gasteiger partial charge in [-0.15, -0.1) is 0 Å². The molecule has 1 aliphatic rings. The van der Waals surface area contributed by atoms with Crippen molar-refractivity contribution in [1.29, 1.82) is 0 Å². The van der Waals surface area contributed by atoms with Crippen molar-refractivity contribution in [2.75, 3.05) is 12.3 Å². The molecular formula is C19H23FN2O4S. The number of sulfone groups is 1. The number of carbonyl (C=O) groups excluding carboxylic acids is 1. The van der Waals surface area contributed by atoms with Crippen LogP contribution in [0.3, 0.4) is 0 Å². The van der Waals surface area contributed by atoms with Crippen LogP contribution in [0.1, 0.15) is 38.3 Å². The number of hydrogen-bond acceptors (Lipinski definition) is 5. The maximum absolute atomic E-state index is 13.3. The molecule has 0 spiro atoms. The summed E-state index contributed by atoms with van der Waals surface area (Å²) >= 11 is 0. The molecule has 0 N–H and O–H groups in total. The van der Waals surface area contributed by atoms with Crippen LogP contribution in [0.25, 0.3) is 11.5 Å². The number of piperidine rings is 1. The zero-order valence-electron chi connectivity index (χ0n) is 15.2. The van der Waals surface area contributed by atoms with Crippen LogP contribution in [-0.2, 0) is 20.4 Å². The Morgan fingerprint density at radius 2 is 2.19 bits per heavy atom. The Kier molecular flexibility index (Phi) is 5.94. The summed E-state index contributed by atoms with van der Waals surface area (Å²) in [7, 11) is -3.68. The minimum Gasteiger partial charge on any atom is -0.444 e. The van der Waals surface area contributed by atoms with Gasteiger partial charge in [0.1, 0.15) is 17.8 Å². The number of nitrogens with zero attached hydrogens (tertiary/aromatic N) is 2. The maximum atomic E-state index is 13.3. The third-order valence-corrected chi connectivity index (χ3v) is 6.18. The average molecular weight is 394 g/mol. The van der Waals surface area contributed by atoms with Gasteiger partial charge in [0.15, 0.2) is 9.84 Å². The van der Waals surface area contributed by atoms with E-state index in [1.54, 1.807) is 11.0 Å². The van der Waals surface area contributed by atoms with Crippen LogP contribution >= 0.6 is 0 Å². The predicted molar refractivity (Wildman–Crippen MR) is 99.0 cm³/mol. The van der Waals surface area contributed by atoms with Crippen LogP contribution in [0.15, 0.2) is 34.9 Å². The van der Waals surface area contributed by atoms with Crippen molar-refractivity contribution in [2.45, 2.75) is 44.4 Å². The number of hydrogen-bond donors (Lipinski definition) is 0. The van der Waals surface area contributed by atoms with Crippen molar-refractivity contribution in [2.24, 2.45) is 0 Å². The molecule has 1 aromatic carbocycles. The second kappa shape index (κ2) is 8.21. The molecule has 2 heterocycles. The number of oxazole rings is 1. The minimum atomic E-state index is -3.68. The number of amides is 1. The Morgan fingerprint density at radius 1 is 1.37 bits per heavy atom. The van der Waals surface area contributed by atoms with E-state index in [1.165, 1.54) is 24.5 Å². The lowest BCUT2D eigenvalue weighted by atomic mass is 10.0. The Morgan fingerprint density at radius 3 is 2.93 bits per heavy atom. The molecule has 0 unspecified atom stereocenters. The molecule has 2 aromatic rings. The van der Waals surface area contributed by atoms with E-state index in [0.717, 1.165) is 25.7 Å². The van der Waals surface area contributed by atoms with E-state index in [-0.39, 0.29) is 29.3 Å². The first kappa shape index (κ1) is 19.5. The maximum Gasteiger partial charge on any atom is 0.238 e. The summed E-state index contributed by atoms with van der Waals surface area (Å²) in [4.78, 5) is 18.3. The lowest BCUT2D eigenvalue weighted by Crippen LogP contribution is -2.45. The van der Waals surface area contributed by atoms with Gasteiger partial charge < -0.3 is 9.32 Å². The van der Waals surface area contributed by atoms with Gasteiger partial charge in [-0.3, -0.25) is 4.79 Å². The fourth-order valence-electron chi connectivity index (χ4n) is 3.43. The number of likely N-dealkylation sites (tertiary alicyclic amines) is 1. The number of halogens is 1. The zero-order chi connectivity index (χ0) is 19.4. The first-order chi connectivity index (χ1) is 12.9. The molecule has 1 aliphatic heterocycles. The zero-order valence-corrected chi connectivity index (χ0v) is 16.0. The van der Waals surface area contributed by atoms with Crippen LogP contribution in [0.4, 0.5) is 4.39 Å². The predicted octanol–water partition coefficient (Wildman–Crippen LogP) is 3.19. The highest BCUT2D eigenvalue weighted by molar-refractivity contribution is 7.91. The normalized spacial score (nSPS) is 17.9. The summed E-state index contributed by atoms with van der Waals surface area (Å²) in [6, 6.07) is 5.82. The van der Waals surface area contributed by atoms with Gasteiger partial charge in [-0.2, -0.15) is 0 Å². The third kappa shape index (κ3) is 4.94. The van der Waals surface area contributed by atoms with Gasteiger partial charge in [0.05, 0.1) is 11.4 Å². The molecule has 1 atom stereocenters. The van der Waals surface area contributed by atoms with Crippen LogP contribution in [-0.4, -0.2) is 42.5 Å². The van der Waals surface area contributed by atoms with Crippen LogP contribution in [0.5, 0.6) is 0 Å². The molecule has 0 radical (unpaired) electrons. The van der Waals surface area contributed by atoms with Gasteiger partial charge in [-0.1, -0.05) is 13.0 Å². The van der Waals surface area contributed by atoms with Gasteiger partial charge in [-0.05, 0) is 43.9 Å². The van der Waals surface area contributed by atoms with Gasteiger partial charge in [0, 0.05) is 18.2 Å². The van der Waals surface area contributed by atoms with Crippen LogP contribution in [0, 0.1) is 5.82 Å². The Balaban J connectivity index is 1.67. The second-order valence-electron chi connectivity index (χ2n) is 6.83. The Hall–Kier alpha value is -2.22. The monoisotopic (exact) mass is 394 g/mol. The largest absolute Gasteiger partial charge is 0.444 e. The third-order valence-electron chi connectivity index (χ3n) is 4.75. The highest BCUT2D eigenvalue weighted by atomic mass is 32.2. The quantitative estimate of drug-likeness (QED) is 0.752. The smallest absolute Gasteiger partial charge is 0.238 e. The Labute approximate surface area is 158 Å². The molecule has 27 heavy (non-hydrogen) atoms. The molecular weight excluding hydrogens is 371 g/mol. The van der Waals surface area contributed by atoms with Gasteiger partial charge in [0.2, 0.25) is 11.8 Å². The molecule has 3 rings (SSSR count). The highest BCUT2D eigenvalue weighted by Gasteiger charge is 2.29. The van der Waals surface area contributed by atoms with E-state index < -0.39 is 21.4 Å². The molecule has 0 bridgehead atoms. The number of aromatic nitrogens is 1. The summed E-state index contributed by atoms with van der Waals surface area (Å²) in [5.41, 5.74) is 0.626. The lowest BCUT2D eigenvalue weighted by Gasteiger charge is -2.35. The van der Waals surface area contributed by atoms with Gasteiger partial charge >= 0.3 is 0 Å². The lowest BCUT2D eigenvalue weighted by molar-refractivity contribution is -0.132. The van der Waals surface area contributed by atoms with Crippen molar-refractivity contribution in [3.05, 3.63) is 42.0 Å². The highest BCUT2D eigenvalue weighted by Crippen LogP contribution is 2.22. The van der Waals surface area contributed by atoms with E-state index in [0.29, 0.717) is 12.1 Å². The molecule has 1 saturated heterocycles. The fourth-order valence-corrected chi connectivity index (χ4v) is 4.66. The molecule has 146 valence electrons. The van der Waals surface area contributed by atoms with Crippen molar-refractivity contribution in [3.8, 4) is 11.5 Å². The molecule has 0 aliphatic carbocycles. The SMILES string of the molecule is CC[C@@H]1CCCCN1C(=O)CS(=O)(=O)Cc1coc(-c2cccc(F)c2)n1. The molecule has 8 heteroatoms. The molecule has 1 aromatic heterocycles. The van der Waals surface area contributed by atoms with E-state index in [2.05, 4.69) is 4.98 Å². The number of benzene rings is 1. The van der Waals surface area contributed by atoms with E-state index in [1.807, 2.05) is 6.92 Å². The standard InChI is InChI=1S/C19H23FN2O4S/c1-2-17-8-3-4-9-22(17)18(23)13-27(24,25)12-16-11-26-19(21-16)14-6-5-7-15(20)10-14/h5-7,10-11,17H,2-4,8-9,12-13H2,1H3/t17-/m1/s1. The first-order valence-corrected chi connectivity index (χ1v) is 10.9. The topological polar surface area (TPSA) is 80.5 Å². The van der Waals surface area contributed by atoms with E-state index in [4.69, 9.17) is 4.42 Å². The van der Waals surface area contributed by atoms with Crippen molar-refractivity contribution in [1.82, 2.24) is 9.88 Å². The number of rotatable bonds is 6. The summed E-state index contributed by atoms with van der Waals surface area (Å²) in [5.74, 6) is -1.56. The van der Waals surface area contributed by atoms with Gasteiger partial charge in [0.25, 0.3) is 0 Å². The summed E-state index contributed by atoms with van der Waals surface area (Å²) in [6.07, 6.45) is 4.95. The molecule has 1 amide bonds.